The molecule has 15 heavy (non-hydrogen) atoms. The Labute approximate surface area is 91.7 Å². The Morgan fingerprint density at radius 2 is 2.07 bits per heavy atom. The molecule has 1 aliphatic rings. The van der Waals surface area contributed by atoms with Crippen LogP contribution in [0.1, 0.15) is 43.9 Å². The molecule has 0 spiro atoms. The van der Waals surface area contributed by atoms with Gasteiger partial charge in [0.05, 0.1) is 13.2 Å². The smallest absolute Gasteiger partial charge is 0.0557 e. The van der Waals surface area contributed by atoms with E-state index in [4.69, 9.17) is 4.74 Å². The van der Waals surface area contributed by atoms with Gasteiger partial charge in [-0.05, 0) is 23.6 Å². The highest BCUT2D eigenvalue weighted by Crippen LogP contribution is 2.27. The lowest BCUT2D eigenvalue weighted by Gasteiger charge is -2.27. The molecular weight excluding hydrogens is 186 g/mol. The Kier molecular flexibility index (Phi) is 3.06. The van der Waals surface area contributed by atoms with E-state index in [1.807, 2.05) is 6.20 Å². The zero-order valence-corrected chi connectivity index (χ0v) is 9.73. The zero-order valence-electron chi connectivity index (χ0n) is 9.73. The van der Waals surface area contributed by atoms with Gasteiger partial charge in [-0.25, -0.2) is 0 Å². The Morgan fingerprint density at radius 1 is 1.33 bits per heavy atom. The van der Waals surface area contributed by atoms with Crippen LogP contribution >= 0.6 is 0 Å². The molecule has 0 radical (unpaired) electrons. The predicted octanol–water partition coefficient (Wildman–Crippen LogP) is 2.95. The highest BCUT2D eigenvalue weighted by molar-refractivity contribution is 5.24. The van der Waals surface area contributed by atoms with Gasteiger partial charge < -0.3 is 4.74 Å². The molecule has 0 saturated carbocycles. The van der Waals surface area contributed by atoms with Crippen molar-refractivity contribution in [2.75, 3.05) is 13.2 Å². The molecule has 1 aromatic heterocycles. The molecule has 2 rings (SSSR count). The molecule has 2 heteroatoms. The van der Waals surface area contributed by atoms with E-state index in [1.165, 1.54) is 11.3 Å². The SMILES string of the molecule is CC(C)C(C)c1cc(C2COC2)ccn1. The van der Waals surface area contributed by atoms with Gasteiger partial charge in [0.25, 0.3) is 0 Å². The topological polar surface area (TPSA) is 22.1 Å². The molecule has 1 aliphatic heterocycles. The van der Waals surface area contributed by atoms with Gasteiger partial charge in [-0.1, -0.05) is 20.8 Å². The van der Waals surface area contributed by atoms with Crippen LogP contribution in [0.4, 0.5) is 0 Å². The molecule has 0 aliphatic carbocycles. The minimum Gasteiger partial charge on any atom is -0.380 e. The quantitative estimate of drug-likeness (QED) is 0.757. The summed E-state index contributed by atoms with van der Waals surface area (Å²) in [5.74, 6) is 1.78. The number of nitrogens with zero attached hydrogens (tertiary/aromatic N) is 1. The van der Waals surface area contributed by atoms with Gasteiger partial charge >= 0.3 is 0 Å². The Bertz CT molecular complexity index is 331. The molecule has 1 fully saturated rings. The van der Waals surface area contributed by atoms with Crippen molar-refractivity contribution >= 4 is 0 Å². The largest absolute Gasteiger partial charge is 0.380 e. The Hall–Kier alpha value is -0.890. The van der Waals surface area contributed by atoms with E-state index in [-0.39, 0.29) is 0 Å². The van der Waals surface area contributed by atoms with Crippen molar-refractivity contribution in [2.45, 2.75) is 32.6 Å². The molecule has 0 N–H and O–H groups in total. The summed E-state index contributed by atoms with van der Waals surface area (Å²) in [7, 11) is 0. The number of hydrogen-bond donors (Lipinski definition) is 0. The van der Waals surface area contributed by atoms with Crippen LogP contribution in [0.5, 0.6) is 0 Å². The highest BCUT2D eigenvalue weighted by Gasteiger charge is 2.21. The molecule has 1 unspecified atom stereocenters. The fraction of sp³-hybridized carbons (Fsp3) is 0.615. The predicted molar refractivity (Wildman–Crippen MR) is 61.1 cm³/mol. The summed E-state index contributed by atoms with van der Waals surface area (Å²) in [6.45, 7) is 8.48. The van der Waals surface area contributed by atoms with Gasteiger partial charge in [0.15, 0.2) is 0 Å². The van der Waals surface area contributed by atoms with Crippen LogP contribution in [0.25, 0.3) is 0 Å². The summed E-state index contributed by atoms with van der Waals surface area (Å²) >= 11 is 0. The molecule has 1 atom stereocenters. The maximum atomic E-state index is 5.22. The number of hydrogen-bond acceptors (Lipinski definition) is 2. The molecule has 0 aromatic carbocycles. The lowest BCUT2D eigenvalue weighted by atomic mass is 9.91. The summed E-state index contributed by atoms with van der Waals surface area (Å²) in [6.07, 6.45) is 1.93. The number of pyridine rings is 1. The van der Waals surface area contributed by atoms with Crippen LogP contribution in [0.2, 0.25) is 0 Å². The molecule has 82 valence electrons. The zero-order chi connectivity index (χ0) is 10.8. The van der Waals surface area contributed by atoms with Gasteiger partial charge in [0, 0.05) is 23.7 Å². The first kappa shape index (κ1) is 10.6. The summed E-state index contributed by atoms with van der Waals surface area (Å²) < 4.78 is 5.22. The van der Waals surface area contributed by atoms with Gasteiger partial charge in [0.2, 0.25) is 0 Å². The Balaban J connectivity index is 2.18. The summed E-state index contributed by atoms with van der Waals surface area (Å²) in [5.41, 5.74) is 2.60. The van der Waals surface area contributed by atoms with Gasteiger partial charge in [-0.2, -0.15) is 0 Å². The van der Waals surface area contributed by atoms with Crippen LogP contribution in [0.15, 0.2) is 18.3 Å². The van der Waals surface area contributed by atoms with Crippen molar-refractivity contribution in [1.82, 2.24) is 4.98 Å². The standard InChI is InChI=1S/C13H19NO/c1-9(2)10(3)13-6-11(4-5-14-13)12-7-15-8-12/h4-6,9-10,12H,7-8H2,1-3H3. The lowest BCUT2D eigenvalue weighted by Crippen LogP contribution is -2.25. The van der Waals surface area contributed by atoms with Crippen LogP contribution in [0.3, 0.4) is 0 Å². The normalized spacial score (nSPS) is 18.9. The highest BCUT2D eigenvalue weighted by atomic mass is 16.5. The van der Waals surface area contributed by atoms with Gasteiger partial charge in [-0.3, -0.25) is 4.98 Å². The van der Waals surface area contributed by atoms with Crippen LogP contribution < -0.4 is 0 Å². The molecule has 1 aromatic rings. The van der Waals surface area contributed by atoms with Crippen molar-refractivity contribution in [3.05, 3.63) is 29.6 Å². The van der Waals surface area contributed by atoms with E-state index in [0.29, 0.717) is 17.8 Å². The lowest BCUT2D eigenvalue weighted by molar-refractivity contribution is 0.00835. The van der Waals surface area contributed by atoms with E-state index < -0.39 is 0 Å². The maximum Gasteiger partial charge on any atom is 0.0557 e. The third kappa shape index (κ3) is 2.20. The summed E-state index contributed by atoms with van der Waals surface area (Å²) in [6, 6.07) is 4.36. The maximum absolute atomic E-state index is 5.22. The molecule has 0 amide bonds. The number of ether oxygens (including phenoxy) is 1. The van der Waals surface area contributed by atoms with Crippen LogP contribution in [-0.4, -0.2) is 18.2 Å². The molecular formula is C13H19NO. The first-order valence-corrected chi connectivity index (χ1v) is 5.72. The van der Waals surface area contributed by atoms with Gasteiger partial charge in [0.1, 0.15) is 0 Å². The van der Waals surface area contributed by atoms with Crippen molar-refractivity contribution in [3.63, 3.8) is 0 Å². The first-order valence-electron chi connectivity index (χ1n) is 5.72. The molecule has 2 heterocycles. The van der Waals surface area contributed by atoms with Crippen molar-refractivity contribution < 1.29 is 4.74 Å². The second kappa shape index (κ2) is 4.31. The average molecular weight is 205 g/mol. The third-order valence-electron chi connectivity index (χ3n) is 3.38. The van der Waals surface area contributed by atoms with Crippen LogP contribution in [0, 0.1) is 5.92 Å². The summed E-state index contributed by atoms with van der Waals surface area (Å²) in [4.78, 5) is 4.46. The number of rotatable bonds is 3. The minimum atomic E-state index is 0.533. The second-order valence-corrected chi connectivity index (χ2v) is 4.78. The first-order chi connectivity index (χ1) is 7.18. The average Bonchev–Trinajstić information content (AvgIpc) is 2.14. The van der Waals surface area contributed by atoms with Crippen molar-refractivity contribution in [2.24, 2.45) is 5.92 Å². The van der Waals surface area contributed by atoms with Gasteiger partial charge in [-0.15, -0.1) is 0 Å². The number of aromatic nitrogens is 1. The Morgan fingerprint density at radius 3 is 2.60 bits per heavy atom. The fourth-order valence-corrected chi connectivity index (χ4v) is 1.74. The molecule has 1 saturated heterocycles. The minimum absolute atomic E-state index is 0.533. The monoisotopic (exact) mass is 205 g/mol. The second-order valence-electron chi connectivity index (χ2n) is 4.78. The van der Waals surface area contributed by atoms with Crippen LogP contribution in [-0.2, 0) is 4.74 Å². The third-order valence-corrected chi connectivity index (χ3v) is 3.38. The summed E-state index contributed by atoms with van der Waals surface area (Å²) in [5, 5.41) is 0. The van der Waals surface area contributed by atoms with Crippen molar-refractivity contribution in [1.29, 1.82) is 0 Å². The van der Waals surface area contributed by atoms with E-state index in [1.54, 1.807) is 0 Å². The van der Waals surface area contributed by atoms with Crippen molar-refractivity contribution in [3.8, 4) is 0 Å². The molecule has 2 nitrogen and oxygen atoms in total. The fourth-order valence-electron chi connectivity index (χ4n) is 1.74. The van der Waals surface area contributed by atoms with E-state index in [0.717, 1.165) is 13.2 Å². The van der Waals surface area contributed by atoms with E-state index >= 15 is 0 Å². The molecule has 0 bridgehead atoms. The van der Waals surface area contributed by atoms with E-state index in [9.17, 15) is 0 Å². The van der Waals surface area contributed by atoms with E-state index in [2.05, 4.69) is 37.9 Å².